The van der Waals surface area contributed by atoms with Gasteiger partial charge in [-0.05, 0) is 51.4 Å². The maximum atomic E-state index is 12.9. The van der Waals surface area contributed by atoms with E-state index in [4.69, 9.17) is 14.2 Å². The van der Waals surface area contributed by atoms with Crippen molar-refractivity contribution in [1.29, 1.82) is 0 Å². The van der Waals surface area contributed by atoms with Crippen LogP contribution in [-0.4, -0.2) is 37.2 Å². The van der Waals surface area contributed by atoms with Crippen LogP contribution in [0.25, 0.3) is 0 Å². The summed E-state index contributed by atoms with van der Waals surface area (Å²) in [7, 11) is 0. The van der Waals surface area contributed by atoms with Gasteiger partial charge in [0.1, 0.15) is 13.2 Å². The summed E-state index contributed by atoms with van der Waals surface area (Å²) in [5, 5.41) is 0. The second-order valence-electron chi connectivity index (χ2n) is 21.7. The molecule has 0 aliphatic rings. The molecule has 0 fully saturated rings. The van der Waals surface area contributed by atoms with Crippen molar-refractivity contribution in [1.82, 2.24) is 0 Å². The molecular formula is C65H122O6. The first-order chi connectivity index (χ1) is 35.0. The number of allylic oxidation sites excluding steroid dienone is 4. The molecule has 0 aliphatic heterocycles. The molecule has 0 saturated heterocycles. The Morgan fingerprint density at radius 2 is 0.507 bits per heavy atom. The maximum absolute atomic E-state index is 12.9. The van der Waals surface area contributed by atoms with Crippen LogP contribution in [0.15, 0.2) is 24.3 Å². The number of carbonyl (C=O) groups excluding carboxylic acids is 3. The van der Waals surface area contributed by atoms with Gasteiger partial charge in [-0.25, -0.2) is 0 Å². The minimum Gasteiger partial charge on any atom is -0.462 e. The Labute approximate surface area is 443 Å². The summed E-state index contributed by atoms with van der Waals surface area (Å²) in [4.78, 5) is 38.3. The Kier molecular flexibility index (Phi) is 58.6. The van der Waals surface area contributed by atoms with Gasteiger partial charge in [0.15, 0.2) is 6.10 Å². The van der Waals surface area contributed by atoms with E-state index in [1.807, 2.05) is 0 Å². The molecule has 0 aromatic heterocycles. The fourth-order valence-electron chi connectivity index (χ4n) is 9.65. The molecule has 6 heteroatoms. The highest BCUT2D eigenvalue weighted by Gasteiger charge is 2.19. The molecule has 0 heterocycles. The Balaban J connectivity index is 4.29. The molecule has 0 aromatic rings. The number of hydrogen-bond donors (Lipinski definition) is 0. The lowest BCUT2D eigenvalue weighted by molar-refractivity contribution is -0.167. The molecule has 1 atom stereocenters. The van der Waals surface area contributed by atoms with Crippen molar-refractivity contribution >= 4 is 17.9 Å². The average Bonchev–Trinajstić information content (AvgIpc) is 3.37. The predicted molar refractivity (Wildman–Crippen MR) is 307 cm³/mol. The summed E-state index contributed by atoms with van der Waals surface area (Å²) in [5.74, 6) is -0.857. The molecule has 0 aromatic carbocycles. The van der Waals surface area contributed by atoms with E-state index in [1.54, 1.807) is 0 Å². The molecule has 0 radical (unpaired) electrons. The smallest absolute Gasteiger partial charge is 0.306 e. The quantitative estimate of drug-likeness (QED) is 0.0261. The van der Waals surface area contributed by atoms with Crippen molar-refractivity contribution in [2.45, 2.75) is 361 Å². The molecular weight excluding hydrogens is 877 g/mol. The van der Waals surface area contributed by atoms with E-state index in [9.17, 15) is 14.4 Å². The fraction of sp³-hybridized carbons (Fsp3) is 0.892. The minimum absolute atomic E-state index is 0.0710. The van der Waals surface area contributed by atoms with E-state index < -0.39 is 6.10 Å². The highest BCUT2D eigenvalue weighted by Crippen LogP contribution is 2.18. The van der Waals surface area contributed by atoms with E-state index in [0.717, 1.165) is 77.0 Å². The molecule has 6 nitrogen and oxygen atoms in total. The van der Waals surface area contributed by atoms with Crippen LogP contribution in [-0.2, 0) is 28.6 Å². The van der Waals surface area contributed by atoms with Crippen LogP contribution >= 0.6 is 0 Å². The first-order valence-electron chi connectivity index (χ1n) is 31.8. The molecule has 0 bridgehead atoms. The van der Waals surface area contributed by atoms with Crippen LogP contribution in [0.1, 0.15) is 355 Å². The first kappa shape index (κ1) is 68.9. The third-order valence-electron chi connectivity index (χ3n) is 14.5. The van der Waals surface area contributed by atoms with Gasteiger partial charge in [0, 0.05) is 19.3 Å². The molecule has 0 amide bonds. The second kappa shape index (κ2) is 60.4. The number of rotatable bonds is 59. The van der Waals surface area contributed by atoms with Crippen LogP contribution in [0.2, 0.25) is 0 Å². The van der Waals surface area contributed by atoms with Gasteiger partial charge in [0.25, 0.3) is 0 Å². The lowest BCUT2D eigenvalue weighted by Gasteiger charge is -2.18. The Hall–Kier alpha value is -2.11. The summed E-state index contributed by atoms with van der Waals surface area (Å²) in [6.45, 7) is 6.67. The van der Waals surface area contributed by atoms with Crippen LogP contribution in [0.3, 0.4) is 0 Å². The van der Waals surface area contributed by atoms with Crippen LogP contribution in [0, 0.1) is 0 Å². The van der Waals surface area contributed by atoms with Gasteiger partial charge >= 0.3 is 17.9 Å². The van der Waals surface area contributed by atoms with Gasteiger partial charge in [-0.3, -0.25) is 14.4 Å². The Morgan fingerprint density at radius 3 is 0.803 bits per heavy atom. The number of esters is 3. The number of ether oxygens (including phenoxy) is 3. The van der Waals surface area contributed by atoms with Gasteiger partial charge in [0.2, 0.25) is 0 Å². The van der Waals surface area contributed by atoms with Gasteiger partial charge in [0.05, 0.1) is 0 Å². The van der Waals surface area contributed by atoms with Crippen molar-refractivity contribution in [2.75, 3.05) is 13.2 Å². The van der Waals surface area contributed by atoms with Crippen LogP contribution < -0.4 is 0 Å². The average molecular weight is 1000 g/mol. The normalized spacial score (nSPS) is 12.1. The first-order valence-corrected chi connectivity index (χ1v) is 31.8. The molecule has 1 unspecified atom stereocenters. The van der Waals surface area contributed by atoms with E-state index >= 15 is 0 Å². The SMILES string of the molecule is CCCCC/C=C\C/C=C\CCCCCCCC(=O)OC(COC(=O)CCCCCCCCCCCCCCCCCCC)COC(=O)CCCCCCCCCCCCCCCCCCCCCCC. The van der Waals surface area contributed by atoms with Crippen molar-refractivity contribution in [2.24, 2.45) is 0 Å². The zero-order valence-electron chi connectivity index (χ0n) is 48.0. The summed E-state index contributed by atoms with van der Waals surface area (Å²) < 4.78 is 16.9. The van der Waals surface area contributed by atoms with Gasteiger partial charge in [-0.2, -0.15) is 0 Å². The Morgan fingerprint density at radius 1 is 0.282 bits per heavy atom. The molecule has 0 N–H and O–H groups in total. The van der Waals surface area contributed by atoms with Crippen LogP contribution in [0.5, 0.6) is 0 Å². The zero-order valence-corrected chi connectivity index (χ0v) is 48.0. The summed E-state index contributed by atoms with van der Waals surface area (Å²) in [5.41, 5.74) is 0. The summed E-state index contributed by atoms with van der Waals surface area (Å²) >= 11 is 0. The van der Waals surface area contributed by atoms with Crippen molar-refractivity contribution < 1.29 is 28.6 Å². The molecule has 0 aliphatic carbocycles. The number of hydrogen-bond acceptors (Lipinski definition) is 6. The van der Waals surface area contributed by atoms with Gasteiger partial charge in [-0.1, -0.05) is 308 Å². The molecule has 0 rings (SSSR count). The van der Waals surface area contributed by atoms with Crippen molar-refractivity contribution in [3.8, 4) is 0 Å². The molecule has 418 valence electrons. The molecule has 0 spiro atoms. The highest BCUT2D eigenvalue weighted by molar-refractivity contribution is 5.71. The minimum atomic E-state index is -0.774. The van der Waals surface area contributed by atoms with Gasteiger partial charge < -0.3 is 14.2 Å². The standard InChI is InChI=1S/C65H122O6/c1-4-7-10-13-16-19-22-25-28-30-31-32-33-35-38-40-43-46-49-52-55-58-64(67)70-61-62(71-65(68)59-56-53-50-47-44-41-36-27-24-21-18-15-12-9-6-3)60-69-63(66)57-54-51-48-45-42-39-37-34-29-26-23-20-17-14-11-8-5-2/h18,21,27,36,62H,4-17,19-20,22-26,28-35,37-61H2,1-3H3/b21-18-,36-27-. The Bertz CT molecular complexity index is 1150. The van der Waals surface area contributed by atoms with E-state index in [0.29, 0.717) is 19.3 Å². The van der Waals surface area contributed by atoms with E-state index in [2.05, 4.69) is 45.1 Å². The summed E-state index contributed by atoms with van der Waals surface area (Å²) in [6, 6.07) is 0. The van der Waals surface area contributed by atoms with E-state index in [1.165, 1.54) is 238 Å². The fourth-order valence-corrected chi connectivity index (χ4v) is 9.65. The van der Waals surface area contributed by atoms with Crippen molar-refractivity contribution in [3.05, 3.63) is 24.3 Å². The third-order valence-corrected chi connectivity index (χ3v) is 14.5. The third kappa shape index (κ3) is 58.7. The van der Waals surface area contributed by atoms with Crippen molar-refractivity contribution in [3.63, 3.8) is 0 Å². The number of carbonyl (C=O) groups is 3. The second-order valence-corrected chi connectivity index (χ2v) is 21.7. The predicted octanol–water partition coefficient (Wildman–Crippen LogP) is 21.4. The zero-order chi connectivity index (χ0) is 51.4. The topological polar surface area (TPSA) is 78.9 Å². The molecule has 71 heavy (non-hydrogen) atoms. The van der Waals surface area contributed by atoms with E-state index in [-0.39, 0.29) is 31.1 Å². The summed E-state index contributed by atoms with van der Waals surface area (Å²) in [6.07, 6.45) is 71.8. The largest absolute Gasteiger partial charge is 0.462 e. The van der Waals surface area contributed by atoms with Gasteiger partial charge in [-0.15, -0.1) is 0 Å². The molecule has 0 saturated carbocycles. The maximum Gasteiger partial charge on any atom is 0.306 e. The van der Waals surface area contributed by atoms with Crippen LogP contribution in [0.4, 0.5) is 0 Å². The monoisotopic (exact) mass is 999 g/mol. The lowest BCUT2D eigenvalue weighted by atomic mass is 10.0. The highest BCUT2D eigenvalue weighted by atomic mass is 16.6. The lowest BCUT2D eigenvalue weighted by Crippen LogP contribution is -2.30. The number of unbranched alkanes of at least 4 members (excludes halogenated alkanes) is 44.